The predicted molar refractivity (Wildman–Crippen MR) is 92.0 cm³/mol. The monoisotopic (exact) mass is 382 g/mol. The molecule has 26 heavy (non-hydrogen) atoms. The minimum absolute atomic E-state index is 0.0106. The molecule has 1 aliphatic carbocycles. The maximum atomic E-state index is 13.8. The van der Waals surface area contributed by atoms with Crippen molar-refractivity contribution in [2.45, 2.75) is 31.4 Å². The number of aliphatic carboxylic acids is 1. The molecule has 1 aliphatic rings. The van der Waals surface area contributed by atoms with Crippen molar-refractivity contribution in [1.29, 1.82) is 0 Å². The largest absolute Gasteiger partial charge is 0.479 e. The molecule has 0 spiro atoms. The van der Waals surface area contributed by atoms with Gasteiger partial charge < -0.3 is 20.1 Å². The van der Waals surface area contributed by atoms with Gasteiger partial charge in [-0.3, -0.25) is 9.59 Å². The summed E-state index contributed by atoms with van der Waals surface area (Å²) in [6.45, 7) is 0.437. The van der Waals surface area contributed by atoms with E-state index in [1.54, 1.807) is 4.57 Å². The maximum Gasteiger partial charge on any atom is 0.337 e. The van der Waals surface area contributed by atoms with Crippen LogP contribution in [0.25, 0.3) is 10.9 Å². The van der Waals surface area contributed by atoms with Crippen LogP contribution >= 0.6 is 11.6 Å². The van der Waals surface area contributed by atoms with Gasteiger partial charge in [0.05, 0.1) is 17.1 Å². The second-order valence-corrected chi connectivity index (χ2v) is 6.96. The molecule has 0 bridgehead atoms. The van der Waals surface area contributed by atoms with Crippen LogP contribution in [0.1, 0.15) is 36.2 Å². The van der Waals surface area contributed by atoms with E-state index in [-0.39, 0.29) is 22.0 Å². The first kappa shape index (κ1) is 18.3. The predicted octanol–water partition coefficient (Wildman–Crippen LogP) is 1.69. The molecule has 1 atom stereocenters. The lowest BCUT2D eigenvalue weighted by atomic mass is 10.1. The Hall–Kier alpha value is -2.45. The summed E-state index contributed by atoms with van der Waals surface area (Å²) in [7, 11) is 0. The number of amides is 1. The Morgan fingerprint density at radius 3 is 2.65 bits per heavy atom. The summed E-state index contributed by atoms with van der Waals surface area (Å²) in [5.41, 5.74) is -2.70. The number of halogens is 2. The normalized spacial score (nSPS) is 16.3. The van der Waals surface area contributed by atoms with Gasteiger partial charge in [-0.05, 0) is 31.9 Å². The molecule has 9 heteroatoms. The number of rotatable bonds is 5. The minimum atomic E-state index is -2.18. The second-order valence-electron chi connectivity index (χ2n) is 6.56. The van der Waals surface area contributed by atoms with Crippen molar-refractivity contribution in [3.8, 4) is 0 Å². The summed E-state index contributed by atoms with van der Waals surface area (Å²) in [4.78, 5) is 35.9. The number of nitrogens with zero attached hydrogens (tertiary/aromatic N) is 1. The smallest absolute Gasteiger partial charge is 0.337 e. The van der Waals surface area contributed by atoms with Crippen molar-refractivity contribution in [3.63, 3.8) is 0 Å². The molecule has 3 rings (SSSR count). The zero-order valence-corrected chi connectivity index (χ0v) is 14.5. The van der Waals surface area contributed by atoms with E-state index in [0.29, 0.717) is 5.52 Å². The highest BCUT2D eigenvalue weighted by Gasteiger charge is 2.31. The Morgan fingerprint density at radius 2 is 2.08 bits per heavy atom. The molecule has 1 saturated carbocycles. The summed E-state index contributed by atoms with van der Waals surface area (Å²) >= 11 is 5.82. The molecule has 2 aromatic rings. The number of pyridine rings is 1. The van der Waals surface area contributed by atoms with Crippen molar-refractivity contribution >= 4 is 34.4 Å². The number of carbonyl (C=O) groups is 2. The lowest BCUT2D eigenvalue weighted by Crippen LogP contribution is -2.47. The summed E-state index contributed by atoms with van der Waals surface area (Å²) < 4.78 is 15.5. The second kappa shape index (κ2) is 6.37. The number of hydrogen-bond donors (Lipinski definition) is 3. The van der Waals surface area contributed by atoms with Crippen LogP contribution < -0.4 is 10.7 Å². The van der Waals surface area contributed by atoms with Gasteiger partial charge in [-0.2, -0.15) is 0 Å². The van der Waals surface area contributed by atoms with Crippen LogP contribution in [0, 0.1) is 5.82 Å². The zero-order valence-electron chi connectivity index (χ0n) is 13.8. The highest BCUT2D eigenvalue weighted by molar-refractivity contribution is 6.31. The standard InChI is InChI=1S/C17H16ClFN2O5/c1-17(26,16(24)25)7-20-15(23)10-6-21(8-2-3-8)13-5-11(18)12(19)4-9(13)14(10)22/h4-6,8,26H,2-3,7H2,1H3,(H,20,23)(H,24,25). The number of carbonyl (C=O) groups excluding carboxylic acids is 1. The lowest BCUT2D eigenvalue weighted by molar-refractivity contribution is -0.155. The molecule has 0 saturated heterocycles. The molecular formula is C17H16ClFN2O5. The van der Waals surface area contributed by atoms with Gasteiger partial charge in [0.15, 0.2) is 5.60 Å². The highest BCUT2D eigenvalue weighted by Crippen LogP contribution is 2.37. The topological polar surface area (TPSA) is 109 Å². The van der Waals surface area contributed by atoms with Crippen molar-refractivity contribution in [3.05, 3.63) is 45.0 Å². The van der Waals surface area contributed by atoms with E-state index in [9.17, 15) is 23.9 Å². The van der Waals surface area contributed by atoms with E-state index in [4.69, 9.17) is 16.7 Å². The Balaban J connectivity index is 2.05. The molecule has 1 fully saturated rings. The lowest BCUT2D eigenvalue weighted by Gasteiger charge is -2.19. The van der Waals surface area contributed by atoms with E-state index in [0.717, 1.165) is 25.8 Å². The van der Waals surface area contributed by atoms with Gasteiger partial charge in [-0.1, -0.05) is 11.6 Å². The third-order valence-corrected chi connectivity index (χ3v) is 4.60. The molecule has 1 unspecified atom stereocenters. The first-order valence-electron chi connectivity index (χ1n) is 7.89. The summed E-state index contributed by atoms with van der Waals surface area (Å²) in [5, 5.41) is 20.7. The quantitative estimate of drug-likeness (QED) is 0.729. The summed E-state index contributed by atoms with van der Waals surface area (Å²) in [6, 6.07) is 2.42. The average Bonchev–Trinajstić information content (AvgIpc) is 3.40. The van der Waals surface area contributed by atoms with E-state index in [1.165, 1.54) is 12.3 Å². The van der Waals surface area contributed by atoms with Gasteiger partial charge in [0.1, 0.15) is 11.4 Å². The Kier molecular flexibility index (Phi) is 4.49. The van der Waals surface area contributed by atoms with Gasteiger partial charge in [0.25, 0.3) is 5.91 Å². The summed E-state index contributed by atoms with van der Waals surface area (Å²) in [5.74, 6) is -3.13. The summed E-state index contributed by atoms with van der Waals surface area (Å²) in [6.07, 6.45) is 3.06. The van der Waals surface area contributed by atoms with Crippen LogP contribution in [-0.2, 0) is 4.79 Å². The fourth-order valence-electron chi connectivity index (χ4n) is 2.58. The molecule has 3 N–H and O–H groups in total. The number of fused-ring (bicyclic) bond motifs is 1. The van der Waals surface area contributed by atoms with Crippen LogP contribution in [0.2, 0.25) is 5.02 Å². The number of carboxylic acid groups (broad SMARTS) is 1. The van der Waals surface area contributed by atoms with Crippen LogP contribution in [0.5, 0.6) is 0 Å². The van der Waals surface area contributed by atoms with E-state index in [1.807, 2.05) is 0 Å². The maximum absolute atomic E-state index is 13.8. The van der Waals surface area contributed by atoms with Crippen molar-refractivity contribution < 1.29 is 24.2 Å². The molecule has 1 amide bonds. The SMILES string of the molecule is CC(O)(CNC(=O)c1cn(C2CC2)c2cc(Cl)c(F)cc2c1=O)C(=O)O. The van der Waals surface area contributed by atoms with Crippen LogP contribution in [0.3, 0.4) is 0 Å². The number of carboxylic acids is 1. The molecular weight excluding hydrogens is 367 g/mol. The average molecular weight is 383 g/mol. The number of nitrogens with one attached hydrogen (secondary N) is 1. The fourth-order valence-corrected chi connectivity index (χ4v) is 2.74. The van der Waals surface area contributed by atoms with Crippen LogP contribution in [-0.4, -0.2) is 38.8 Å². The minimum Gasteiger partial charge on any atom is -0.479 e. The molecule has 138 valence electrons. The first-order chi connectivity index (χ1) is 12.1. The van der Waals surface area contributed by atoms with Gasteiger partial charge in [-0.25, -0.2) is 9.18 Å². The molecule has 0 radical (unpaired) electrons. The van der Waals surface area contributed by atoms with Crippen molar-refractivity contribution in [2.75, 3.05) is 6.54 Å². The molecule has 7 nitrogen and oxygen atoms in total. The van der Waals surface area contributed by atoms with E-state index in [2.05, 4.69) is 5.32 Å². The number of aliphatic hydroxyl groups is 1. The first-order valence-corrected chi connectivity index (χ1v) is 8.27. The van der Waals surface area contributed by atoms with Crippen molar-refractivity contribution in [1.82, 2.24) is 9.88 Å². The fraction of sp³-hybridized carbons (Fsp3) is 0.353. The van der Waals surface area contributed by atoms with Crippen LogP contribution in [0.15, 0.2) is 23.1 Å². The van der Waals surface area contributed by atoms with Gasteiger partial charge in [0, 0.05) is 17.6 Å². The molecule has 1 aromatic carbocycles. The molecule has 1 heterocycles. The van der Waals surface area contributed by atoms with Crippen molar-refractivity contribution in [2.24, 2.45) is 0 Å². The zero-order chi connectivity index (χ0) is 19.2. The Morgan fingerprint density at radius 1 is 1.42 bits per heavy atom. The third kappa shape index (κ3) is 3.30. The number of aromatic nitrogens is 1. The Bertz CT molecular complexity index is 981. The van der Waals surface area contributed by atoms with Gasteiger partial charge in [-0.15, -0.1) is 0 Å². The van der Waals surface area contributed by atoms with E-state index < -0.39 is 35.3 Å². The van der Waals surface area contributed by atoms with Gasteiger partial charge in [0.2, 0.25) is 5.43 Å². The number of hydrogen-bond acceptors (Lipinski definition) is 4. The Labute approximate surface area is 152 Å². The van der Waals surface area contributed by atoms with Crippen LogP contribution in [0.4, 0.5) is 4.39 Å². The van der Waals surface area contributed by atoms with Gasteiger partial charge >= 0.3 is 5.97 Å². The highest BCUT2D eigenvalue weighted by atomic mass is 35.5. The third-order valence-electron chi connectivity index (χ3n) is 4.31. The van der Waals surface area contributed by atoms with E-state index >= 15 is 0 Å². The molecule has 1 aromatic heterocycles. The molecule has 0 aliphatic heterocycles. The number of benzene rings is 1.